The van der Waals surface area contributed by atoms with Crippen molar-refractivity contribution in [1.82, 2.24) is 0 Å². The molecule has 0 aromatic heterocycles. The van der Waals surface area contributed by atoms with Crippen LogP contribution in [0.3, 0.4) is 0 Å². The van der Waals surface area contributed by atoms with E-state index in [2.05, 4.69) is 39.2 Å². The van der Waals surface area contributed by atoms with Crippen LogP contribution in [0.15, 0.2) is 48.1 Å². The van der Waals surface area contributed by atoms with Gasteiger partial charge in [-0.15, -0.1) is 0 Å². The highest BCUT2D eigenvalue weighted by Gasteiger charge is 2.50. The van der Waals surface area contributed by atoms with Crippen LogP contribution < -0.4 is 0 Å². The summed E-state index contributed by atoms with van der Waals surface area (Å²) in [5.41, 5.74) is 3.86. The maximum Gasteiger partial charge on any atom is 0.330 e. The maximum atomic E-state index is 11.6. The second-order valence-electron chi connectivity index (χ2n) is 11.8. The van der Waals surface area contributed by atoms with Crippen LogP contribution in [-0.2, 0) is 9.53 Å². The highest BCUT2D eigenvalue weighted by Crippen LogP contribution is 2.60. The van der Waals surface area contributed by atoms with E-state index in [1.807, 2.05) is 13.8 Å². The molecule has 0 radical (unpaired) electrons. The van der Waals surface area contributed by atoms with Crippen molar-refractivity contribution in [2.75, 3.05) is 0 Å². The summed E-state index contributed by atoms with van der Waals surface area (Å²) in [5.74, 6) is 1.82. The summed E-state index contributed by atoms with van der Waals surface area (Å²) in [7, 11) is 0. The molecule has 3 aliphatic carbocycles. The van der Waals surface area contributed by atoms with E-state index in [0.717, 1.165) is 38.0 Å². The molecule has 3 rings (SSSR count). The Kier molecular flexibility index (Phi) is 8.48. The first-order valence-corrected chi connectivity index (χ1v) is 13.2. The Bertz CT molecular complexity index is 796. The quantitative estimate of drug-likeness (QED) is 0.306. The van der Waals surface area contributed by atoms with Gasteiger partial charge in [0.1, 0.15) is 6.10 Å². The number of rotatable bonds is 8. The molecule has 0 saturated heterocycles. The highest BCUT2D eigenvalue weighted by molar-refractivity contribution is 5.81. The molecule has 0 spiro atoms. The fraction of sp³-hybridized carbons (Fsp3) is 0.700. The third kappa shape index (κ3) is 6.50. The van der Waals surface area contributed by atoms with Gasteiger partial charge < -0.3 is 9.84 Å². The molecule has 3 nitrogen and oxygen atoms in total. The van der Waals surface area contributed by atoms with Gasteiger partial charge in [-0.3, -0.25) is 0 Å². The van der Waals surface area contributed by atoms with Gasteiger partial charge in [0, 0.05) is 12.5 Å². The minimum absolute atomic E-state index is 0.0668. The monoisotopic (exact) mass is 454 g/mol. The summed E-state index contributed by atoms with van der Waals surface area (Å²) < 4.78 is 5.51. The minimum atomic E-state index is -0.553. The fourth-order valence-corrected chi connectivity index (χ4v) is 6.97. The molecule has 0 heterocycles. The van der Waals surface area contributed by atoms with E-state index >= 15 is 0 Å². The van der Waals surface area contributed by atoms with Crippen molar-refractivity contribution < 1.29 is 14.6 Å². The number of esters is 1. The summed E-state index contributed by atoms with van der Waals surface area (Å²) in [4.78, 5) is 11.6. The molecular weight excluding hydrogens is 408 g/mol. The lowest BCUT2D eigenvalue weighted by atomic mass is 9.60. The Balaban J connectivity index is 1.68. The van der Waals surface area contributed by atoms with E-state index in [4.69, 9.17) is 4.74 Å². The first-order valence-electron chi connectivity index (χ1n) is 13.2. The van der Waals surface area contributed by atoms with Gasteiger partial charge in [-0.2, -0.15) is 0 Å². The second-order valence-corrected chi connectivity index (χ2v) is 11.8. The summed E-state index contributed by atoms with van der Waals surface area (Å²) in [6.07, 6.45) is 18.0. The van der Waals surface area contributed by atoms with E-state index in [0.29, 0.717) is 17.3 Å². The molecule has 0 aromatic carbocycles. The molecule has 0 bridgehead atoms. The van der Waals surface area contributed by atoms with Crippen LogP contribution >= 0.6 is 0 Å². The molecule has 3 saturated carbocycles. The lowest BCUT2D eigenvalue weighted by Gasteiger charge is -2.44. The van der Waals surface area contributed by atoms with Gasteiger partial charge >= 0.3 is 5.97 Å². The average molecular weight is 455 g/mol. The first kappa shape index (κ1) is 26.0. The number of hydrogen-bond donors (Lipinski definition) is 1. The van der Waals surface area contributed by atoms with Gasteiger partial charge in [0.15, 0.2) is 0 Å². The molecule has 1 unspecified atom stereocenters. The standard InChI is InChI=1S/C30H46O3/c1-7-28(31)33-25-15-12-21(2)24(20-25)14-13-23-11-9-19-30(6)26(16-17-27(23)30)22(3)10-8-18-29(4,5)32/h7,13-14,22,25-27,32H,1-2,8-12,15-20H2,3-6H3/b23-13+,24-14-/t22-,25+,26-,27?,30-/m1/s1. The first-order chi connectivity index (χ1) is 15.5. The van der Waals surface area contributed by atoms with Crippen LogP contribution in [0.5, 0.6) is 0 Å². The van der Waals surface area contributed by atoms with Gasteiger partial charge in [-0.25, -0.2) is 4.79 Å². The predicted molar refractivity (Wildman–Crippen MR) is 137 cm³/mol. The average Bonchev–Trinajstić information content (AvgIpc) is 3.10. The lowest BCUT2D eigenvalue weighted by molar-refractivity contribution is -0.143. The summed E-state index contributed by atoms with van der Waals surface area (Å²) in [6, 6.07) is 0. The fourth-order valence-electron chi connectivity index (χ4n) is 6.97. The van der Waals surface area contributed by atoms with E-state index in [1.165, 1.54) is 55.7 Å². The molecule has 1 N–H and O–H groups in total. The zero-order valence-electron chi connectivity index (χ0n) is 21.5. The Morgan fingerprint density at radius 3 is 2.73 bits per heavy atom. The number of carbonyl (C=O) groups excluding carboxylic acids is 1. The second kappa shape index (κ2) is 10.8. The molecule has 3 heteroatoms. The number of aliphatic hydroxyl groups is 1. The Labute approximate surface area is 202 Å². The zero-order chi connectivity index (χ0) is 24.2. The third-order valence-electron chi connectivity index (χ3n) is 8.79. The van der Waals surface area contributed by atoms with Crippen molar-refractivity contribution in [1.29, 1.82) is 0 Å². The molecule has 0 aromatic rings. The molecule has 3 aliphatic rings. The molecular formula is C30H46O3. The van der Waals surface area contributed by atoms with Crippen molar-refractivity contribution in [2.45, 2.75) is 110 Å². The predicted octanol–water partition coefficient (Wildman–Crippen LogP) is 7.47. The van der Waals surface area contributed by atoms with Crippen LogP contribution in [-0.4, -0.2) is 22.8 Å². The van der Waals surface area contributed by atoms with Gasteiger partial charge in [-0.1, -0.05) is 63.1 Å². The molecule has 0 amide bonds. The Morgan fingerprint density at radius 1 is 1.27 bits per heavy atom. The van der Waals surface area contributed by atoms with Crippen LogP contribution in [0.1, 0.15) is 98.3 Å². The van der Waals surface area contributed by atoms with E-state index in [1.54, 1.807) is 5.57 Å². The van der Waals surface area contributed by atoms with Gasteiger partial charge in [0.2, 0.25) is 0 Å². The van der Waals surface area contributed by atoms with Crippen LogP contribution in [0.4, 0.5) is 0 Å². The molecule has 3 fully saturated rings. The topological polar surface area (TPSA) is 46.5 Å². The lowest BCUT2D eigenvalue weighted by Crippen LogP contribution is -2.36. The smallest absolute Gasteiger partial charge is 0.330 e. The highest BCUT2D eigenvalue weighted by atomic mass is 16.5. The molecule has 33 heavy (non-hydrogen) atoms. The maximum absolute atomic E-state index is 11.6. The van der Waals surface area contributed by atoms with E-state index < -0.39 is 5.60 Å². The van der Waals surface area contributed by atoms with Crippen LogP contribution in [0.25, 0.3) is 0 Å². The largest absolute Gasteiger partial charge is 0.459 e. The normalized spacial score (nSPS) is 33.7. The van der Waals surface area contributed by atoms with Crippen LogP contribution in [0, 0.1) is 23.2 Å². The van der Waals surface area contributed by atoms with Crippen molar-refractivity contribution in [3.63, 3.8) is 0 Å². The summed E-state index contributed by atoms with van der Waals surface area (Å²) in [6.45, 7) is 16.6. The number of hydrogen-bond acceptors (Lipinski definition) is 3. The number of allylic oxidation sites excluding steroid dienone is 4. The summed E-state index contributed by atoms with van der Waals surface area (Å²) >= 11 is 0. The number of fused-ring (bicyclic) bond motifs is 1. The summed E-state index contributed by atoms with van der Waals surface area (Å²) in [5, 5.41) is 10.1. The molecule has 0 aliphatic heterocycles. The Hall–Kier alpha value is -1.61. The van der Waals surface area contributed by atoms with Crippen molar-refractivity contribution in [2.24, 2.45) is 23.2 Å². The minimum Gasteiger partial charge on any atom is -0.459 e. The van der Waals surface area contributed by atoms with Gasteiger partial charge in [0.05, 0.1) is 5.60 Å². The number of ether oxygens (including phenoxy) is 1. The number of carbonyl (C=O) groups is 1. The zero-order valence-corrected chi connectivity index (χ0v) is 21.5. The molecule has 184 valence electrons. The van der Waals surface area contributed by atoms with Crippen molar-refractivity contribution in [3.05, 3.63) is 48.1 Å². The van der Waals surface area contributed by atoms with Gasteiger partial charge in [0.25, 0.3) is 0 Å². The Morgan fingerprint density at radius 2 is 2.03 bits per heavy atom. The van der Waals surface area contributed by atoms with Crippen LogP contribution in [0.2, 0.25) is 0 Å². The van der Waals surface area contributed by atoms with E-state index in [-0.39, 0.29) is 12.1 Å². The van der Waals surface area contributed by atoms with E-state index in [9.17, 15) is 9.90 Å². The van der Waals surface area contributed by atoms with Crippen molar-refractivity contribution in [3.8, 4) is 0 Å². The molecule has 5 atom stereocenters. The SMILES string of the molecule is C=CC(=O)O[C@H]1CCC(=C)/C(=C\C=C2/CCC[C@@]3(C)C2CC[C@@H]3[C@H](C)CCCC(C)(C)O)C1. The third-order valence-corrected chi connectivity index (χ3v) is 8.79. The van der Waals surface area contributed by atoms with Crippen molar-refractivity contribution >= 4 is 5.97 Å². The van der Waals surface area contributed by atoms with Gasteiger partial charge in [-0.05, 0) is 94.0 Å².